The Labute approximate surface area is 103 Å². The van der Waals surface area contributed by atoms with E-state index in [2.05, 4.69) is 22.7 Å². The van der Waals surface area contributed by atoms with E-state index in [1.807, 2.05) is 0 Å². The number of hydrogen-bond acceptors (Lipinski definition) is 5. The second-order valence-corrected chi connectivity index (χ2v) is 3.37. The first-order valence-electron chi connectivity index (χ1n) is 4.60. The number of nitrogens with one attached hydrogen (secondary N) is 1. The zero-order valence-electron chi connectivity index (χ0n) is 8.75. The first kappa shape index (κ1) is 12.9. The van der Waals surface area contributed by atoms with E-state index in [-0.39, 0.29) is 5.11 Å². The van der Waals surface area contributed by atoms with Gasteiger partial charge in [-0.15, -0.1) is 0 Å². The molecule has 1 aromatic rings. The molecule has 7 heteroatoms. The van der Waals surface area contributed by atoms with Crippen LogP contribution in [0.25, 0.3) is 0 Å². The molecule has 90 valence electrons. The number of nitrogens with zero attached hydrogens (tertiary/aromatic N) is 1. The van der Waals surface area contributed by atoms with Crippen LogP contribution in [-0.2, 0) is 4.79 Å². The van der Waals surface area contributed by atoms with Crippen molar-refractivity contribution >= 4 is 29.5 Å². The van der Waals surface area contributed by atoms with Gasteiger partial charge in [0.15, 0.2) is 5.11 Å². The number of aliphatic carboxylic acids is 1. The normalized spacial score (nSPS) is 10.1. The Bertz CT molecular complexity index is 448. The van der Waals surface area contributed by atoms with E-state index in [0.29, 0.717) is 11.3 Å². The van der Waals surface area contributed by atoms with Crippen molar-refractivity contribution in [1.82, 2.24) is 5.43 Å². The van der Waals surface area contributed by atoms with Crippen LogP contribution in [0.1, 0.15) is 5.56 Å². The van der Waals surface area contributed by atoms with E-state index in [0.717, 1.165) is 0 Å². The number of hydrazone groups is 1. The Morgan fingerprint density at radius 1 is 1.59 bits per heavy atom. The number of carboxylic acids is 1. The highest BCUT2D eigenvalue weighted by Crippen LogP contribution is 2.15. The van der Waals surface area contributed by atoms with Crippen molar-refractivity contribution in [1.29, 1.82) is 0 Å². The molecule has 0 radical (unpaired) electrons. The Balaban J connectivity index is 2.73. The van der Waals surface area contributed by atoms with Gasteiger partial charge in [0.1, 0.15) is 12.4 Å². The summed E-state index contributed by atoms with van der Waals surface area (Å²) >= 11 is 4.56. The lowest BCUT2D eigenvalue weighted by Crippen LogP contribution is -2.29. The van der Waals surface area contributed by atoms with Crippen molar-refractivity contribution in [2.75, 3.05) is 6.61 Å². The van der Waals surface area contributed by atoms with Crippen molar-refractivity contribution in [3.05, 3.63) is 29.8 Å². The monoisotopic (exact) mass is 252 g/mol. The number of benzene rings is 1. The fraction of sp³-hybridized carbons (Fsp3) is 0.100. The van der Waals surface area contributed by atoms with Gasteiger partial charge in [-0.05, 0) is 24.4 Å². The second-order valence-electron chi connectivity index (χ2n) is 2.93. The predicted octanol–water partition coefficient (Wildman–Crippen LogP) is -1.02. The largest absolute Gasteiger partial charge is 0.546 e. The van der Waals surface area contributed by atoms with Gasteiger partial charge in [0.25, 0.3) is 0 Å². The van der Waals surface area contributed by atoms with Crippen LogP contribution in [0.5, 0.6) is 5.75 Å². The summed E-state index contributed by atoms with van der Waals surface area (Å²) in [5, 5.41) is 14.1. The molecule has 0 unspecified atom stereocenters. The van der Waals surface area contributed by atoms with Crippen molar-refractivity contribution in [2.24, 2.45) is 10.8 Å². The molecule has 0 saturated heterocycles. The lowest BCUT2D eigenvalue weighted by molar-refractivity contribution is -0.307. The third kappa shape index (κ3) is 4.94. The number of hydrogen-bond donors (Lipinski definition) is 2. The molecule has 0 fully saturated rings. The first-order chi connectivity index (χ1) is 8.09. The summed E-state index contributed by atoms with van der Waals surface area (Å²) < 4.78 is 5.01. The maximum Gasteiger partial charge on any atom is 0.184 e. The molecule has 1 rings (SSSR count). The van der Waals surface area contributed by atoms with Gasteiger partial charge < -0.3 is 20.4 Å². The molecular weight excluding hydrogens is 242 g/mol. The molecule has 3 N–H and O–H groups in total. The van der Waals surface area contributed by atoms with Crippen LogP contribution < -0.4 is 21.0 Å². The average Bonchev–Trinajstić information content (AvgIpc) is 2.27. The second kappa shape index (κ2) is 6.44. The average molecular weight is 252 g/mol. The highest BCUT2D eigenvalue weighted by Gasteiger charge is 2.00. The van der Waals surface area contributed by atoms with Crippen LogP contribution in [0, 0.1) is 0 Å². The van der Waals surface area contributed by atoms with Crippen LogP contribution >= 0.6 is 12.2 Å². The minimum atomic E-state index is -1.29. The van der Waals surface area contributed by atoms with Crippen molar-refractivity contribution in [2.45, 2.75) is 0 Å². The standard InChI is InChI=1S/C10H11N3O3S/c11-10(17)13-12-5-7-3-1-2-4-8(7)16-6-9(14)15/h1-5H,6H2,(H,14,15)(H3,11,13,17)/p-1. The van der Waals surface area contributed by atoms with Gasteiger partial charge in [0.05, 0.1) is 12.2 Å². The Kier molecular flexibility index (Phi) is 4.89. The first-order valence-corrected chi connectivity index (χ1v) is 5.00. The number of carboxylic acid groups (broad SMARTS) is 1. The highest BCUT2D eigenvalue weighted by molar-refractivity contribution is 7.80. The molecule has 17 heavy (non-hydrogen) atoms. The maximum atomic E-state index is 10.3. The highest BCUT2D eigenvalue weighted by atomic mass is 32.1. The number of para-hydroxylation sites is 1. The summed E-state index contributed by atoms with van der Waals surface area (Å²) in [5.74, 6) is -0.914. The van der Waals surface area contributed by atoms with E-state index in [1.54, 1.807) is 24.3 Å². The zero-order valence-corrected chi connectivity index (χ0v) is 9.57. The van der Waals surface area contributed by atoms with Gasteiger partial charge in [0.2, 0.25) is 0 Å². The zero-order chi connectivity index (χ0) is 12.7. The van der Waals surface area contributed by atoms with E-state index in [9.17, 15) is 9.90 Å². The molecule has 0 aromatic heterocycles. The van der Waals surface area contributed by atoms with Gasteiger partial charge in [-0.2, -0.15) is 5.10 Å². The minimum Gasteiger partial charge on any atom is -0.546 e. The van der Waals surface area contributed by atoms with E-state index in [1.165, 1.54) is 6.21 Å². The van der Waals surface area contributed by atoms with Crippen LogP contribution in [0.4, 0.5) is 0 Å². The van der Waals surface area contributed by atoms with Crippen molar-refractivity contribution < 1.29 is 14.6 Å². The summed E-state index contributed by atoms with van der Waals surface area (Å²) in [6.45, 7) is -0.520. The predicted molar refractivity (Wildman–Crippen MR) is 64.5 cm³/mol. The molecule has 0 aliphatic heterocycles. The summed E-state index contributed by atoms with van der Waals surface area (Å²) in [6, 6.07) is 6.79. The van der Waals surface area contributed by atoms with Crippen LogP contribution in [-0.4, -0.2) is 23.9 Å². The topological polar surface area (TPSA) is 99.8 Å². The quantitative estimate of drug-likeness (QED) is 0.395. The lowest BCUT2D eigenvalue weighted by atomic mass is 10.2. The van der Waals surface area contributed by atoms with Gasteiger partial charge in [0, 0.05) is 5.56 Å². The van der Waals surface area contributed by atoms with E-state index in [4.69, 9.17) is 10.5 Å². The molecule has 0 spiro atoms. The van der Waals surface area contributed by atoms with Crippen molar-refractivity contribution in [3.63, 3.8) is 0 Å². The minimum absolute atomic E-state index is 0.0365. The Hall–Kier alpha value is -2.15. The molecule has 0 bridgehead atoms. The molecular formula is C10H10N3O3S-. The van der Waals surface area contributed by atoms with Crippen LogP contribution in [0.2, 0.25) is 0 Å². The summed E-state index contributed by atoms with van der Waals surface area (Å²) in [7, 11) is 0. The number of ether oxygens (including phenoxy) is 1. The molecule has 0 aliphatic carbocycles. The molecule has 0 atom stereocenters. The number of thiocarbonyl (C=S) groups is 1. The Morgan fingerprint density at radius 3 is 2.94 bits per heavy atom. The molecule has 0 saturated carbocycles. The van der Waals surface area contributed by atoms with Crippen LogP contribution in [0.15, 0.2) is 29.4 Å². The fourth-order valence-electron chi connectivity index (χ4n) is 1.02. The van der Waals surface area contributed by atoms with Crippen molar-refractivity contribution in [3.8, 4) is 5.75 Å². The van der Waals surface area contributed by atoms with Gasteiger partial charge >= 0.3 is 0 Å². The number of nitrogens with two attached hydrogens (primary N) is 1. The molecule has 1 aromatic carbocycles. The summed E-state index contributed by atoms with van der Waals surface area (Å²) in [4.78, 5) is 10.3. The lowest BCUT2D eigenvalue weighted by Gasteiger charge is -2.08. The third-order valence-electron chi connectivity index (χ3n) is 1.64. The number of carbonyl (C=O) groups is 1. The van der Waals surface area contributed by atoms with Gasteiger partial charge in [-0.1, -0.05) is 12.1 Å². The van der Waals surface area contributed by atoms with E-state index >= 15 is 0 Å². The van der Waals surface area contributed by atoms with E-state index < -0.39 is 12.6 Å². The maximum absolute atomic E-state index is 10.3. The van der Waals surface area contributed by atoms with Crippen LogP contribution in [0.3, 0.4) is 0 Å². The fourth-order valence-corrected chi connectivity index (χ4v) is 1.07. The molecule has 6 nitrogen and oxygen atoms in total. The summed E-state index contributed by atoms with van der Waals surface area (Å²) in [6.07, 6.45) is 1.42. The Morgan fingerprint density at radius 2 is 2.29 bits per heavy atom. The molecule has 0 aliphatic rings. The van der Waals surface area contributed by atoms with Gasteiger partial charge in [-0.25, -0.2) is 0 Å². The number of rotatable bonds is 5. The molecule has 0 heterocycles. The number of carbonyl (C=O) groups excluding carboxylic acids is 1. The molecule has 0 amide bonds. The third-order valence-corrected chi connectivity index (χ3v) is 1.73. The smallest absolute Gasteiger partial charge is 0.184 e. The SMILES string of the molecule is NC(=S)NN=Cc1ccccc1OCC(=O)[O-]. The van der Waals surface area contributed by atoms with Gasteiger partial charge in [-0.3, -0.25) is 5.43 Å². The summed E-state index contributed by atoms with van der Waals surface area (Å²) in [5.41, 5.74) is 8.16.